The predicted octanol–water partition coefficient (Wildman–Crippen LogP) is 4.10. The molecule has 0 aromatic heterocycles. The Morgan fingerprint density at radius 3 is 2.53 bits per heavy atom. The molecule has 0 bridgehead atoms. The van der Waals surface area contributed by atoms with E-state index in [1.807, 2.05) is 6.07 Å². The molecule has 0 amide bonds. The molecule has 1 aromatic rings. The van der Waals surface area contributed by atoms with Crippen molar-refractivity contribution in [2.75, 3.05) is 18.5 Å². The lowest BCUT2D eigenvalue weighted by atomic mass is 10.0. The Hall–Kier alpha value is -0.730. The molecule has 1 aromatic carbocycles. The quantitative estimate of drug-likeness (QED) is 0.816. The molecule has 2 atom stereocenters. The zero-order valence-electron chi connectivity index (χ0n) is 12.6. The molecule has 0 saturated carbocycles. The monoisotopic (exact) mass is 282 g/mol. The van der Waals surface area contributed by atoms with Crippen LogP contribution in [0.2, 0.25) is 5.02 Å². The van der Waals surface area contributed by atoms with Crippen LogP contribution in [-0.2, 0) is 6.42 Å². The normalized spacial score (nSPS) is 14.2. The number of hydrogen-bond donors (Lipinski definition) is 1. The molecule has 0 fully saturated rings. The van der Waals surface area contributed by atoms with Crippen LogP contribution in [0.4, 0.5) is 5.69 Å². The minimum absolute atomic E-state index is 0.219. The zero-order chi connectivity index (χ0) is 14.4. The second-order valence-electron chi connectivity index (χ2n) is 5.54. The van der Waals surface area contributed by atoms with E-state index in [4.69, 9.17) is 17.3 Å². The van der Waals surface area contributed by atoms with Gasteiger partial charge in [0.05, 0.1) is 0 Å². The molecule has 2 unspecified atom stereocenters. The summed E-state index contributed by atoms with van der Waals surface area (Å²) >= 11 is 6.14. The number of nitrogens with zero attached hydrogens (tertiary/aromatic N) is 1. The van der Waals surface area contributed by atoms with Gasteiger partial charge < -0.3 is 10.6 Å². The van der Waals surface area contributed by atoms with Gasteiger partial charge in [-0.15, -0.1) is 0 Å². The van der Waals surface area contributed by atoms with Gasteiger partial charge in [0.25, 0.3) is 0 Å². The van der Waals surface area contributed by atoms with Gasteiger partial charge in [0.15, 0.2) is 0 Å². The fraction of sp³-hybridized carbons (Fsp3) is 0.625. The third-order valence-corrected chi connectivity index (χ3v) is 3.98. The number of halogens is 1. The highest BCUT2D eigenvalue weighted by atomic mass is 35.5. The van der Waals surface area contributed by atoms with E-state index >= 15 is 0 Å². The Morgan fingerprint density at radius 2 is 1.95 bits per heavy atom. The van der Waals surface area contributed by atoms with Crippen LogP contribution >= 0.6 is 11.6 Å². The van der Waals surface area contributed by atoms with Gasteiger partial charge in [-0.1, -0.05) is 44.9 Å². The highest BCUT2D eigenvalue weighted by molar-refractivity contribution is 6.30. The summed E-state index contributed by atoms with van der Waals surface area (Å²) in [6.07, 6.45) is 3.10. The molecule has 0 spiro atoms. The van der Waals surface area contributed by atoms with Crippen LogP contribution in [0.25, 0.3) is 0 Å². The summed E-state index contributed by atoms with van der Waals surface area (Å²) in [6.45, 7) is 7.68. The Kier molecular flexibility index (Phi) is 6.67. The maximum Gasteiger partial charge on any atom is 0.0426 e. The SMILES string of the molecule is CCC(C)CN(C)c1cc(Cl)ccc1CC(N)CC. The van der Waals surface area contributed by atoms with Crippen LogP contribution in [0.3, 0.4) is 0 Å². The Balaban J connectivity index is 2.92. The molecule has 108 valence electrons. The highest BCUT2D eigenvalue weighted by Crippen LogP contribution is 2.26. The molecular weight excluding hydrogens is 256 g/mol. The molecule has 1 rings (SSSR count). The van der Waals surface area contributed by atoms with E-state index in [9.17, 15) is 0 Å². The first-order valence-electron chi connectivity index (χ1n) is 7.23. The van der Waals surface area contributed by atoms with Crippen molar-refractivity contribution in [3.05, 3.63) is 28.8 Å². The van der Waals surface area contributed by atoms with E-state index in [1.54, 1.807) is 0 Å². The number of hydrogen-bond acceptors (Lipinski definition) is 2. The summed E-state index contributed by atoms with van der Waals surface area (Å²) < 4.78 is 0. The van der Waals surface area contributed by atoms with Crippen molar-refractivity contribution in [1.29, 1.82) is 0 Å². The largest absolute Gasteiger partial charge is 0.374 e. The predicted molar refractivity (Wildman–Crippen MR) is 86.1 cm³/mol. The number of nitrogens with two attached hydrogens (primary N) is 1. The lowest BCUT2D eigenvalue weighted by molar-refractivity contribution is 0.558. The van der Waals surface area contributed by atoms with Crippen LogP contribution in [0.15, 0.2) is 18.2 Å². The Bertz CT molecular complexity index is 392. The molecular formula is C16H27ClN2. The fourth-order valence-electron chi connectivity index (χ4n) is 2.19. The first kappa shape index (κ1) is 16.3. The van der Waals surface area contributed by atoms with Crippen LogP contribution in [0.1, 0.15) is 39.2 Å². The van der Waals surface area contributed by atoms with Crippen molar-refractivity contribution in [3.63, 3.8) is 0 Å². The molecule has 0 aliphatic rings. The summed E-state index contributed by atoms with van der Waals surface area (Å²) in [7, 11) is 2.14. The molecule has 19 heavy (non-hydrogen) atoms. The van der Waals surface area contributed by atoms with Gasteiger partial charge in [0.2, 0.25) is 0 Å². The van der Waals surface area contributed by atoms with Crippen molar-refractivity contribution < 1.29 is 0 Å². The molecule has 0 aliphatic heterocycles. The molecule has 0 heterocycles. The maximum absolute atomic E-state index is 6.14. The maximum atomic E-state index is 6.14. The standard InChI is InChI=1S/C16H27ClN2/c1-5-12(3)11-19(4)16-10-14(17)8-7-13(16)9-15(18)6-2/h7-8,10,12,15H,5-6,9,11,18H2,1-4H3. The van der Waals surface area contributed by atoms with Gasteiger partial charge in [0.1, 0.15) is 0 Å². The molecule has 2 nitrogen and oxygen atoms in total. The van der Waals surface area contributed by atoms with E-state index in [0.717, 1.165) is 24.4 Å². The fourth-order valence-corrected chi connectivity index (χ4v) is 2.35. The van der Waals surface area contributed by atoms with Crippen LogP contribution in [0.5, 0.6) is 0 Å². The smallest absolute Gasteiger partial charge is 0.0426 e. The van der Waals surface area contributed by atoms with E-state index in [2.05, 4.69) is 44.9 Å². The average Bonchev–Trinajstić information content (AvgIpc) is 2.40. The van der Waals surface area contributed by atoms with Gasteiger partial charge in [-0.25, -0.2) is 0 Å². The van der Waals surface area contributed by atoms with Gasteiger partial charge in [-0.05, 0) is 36.5 Å². The first-order chi connectivity index (χ1) is 8.97. The lowest BCUT2D eigenvalue weighted by Gasteiger charge is -2.26. The Morgan fingerprint density at radius 1 is 1.26 bits per heavy atom. The number of anilines is 1. The van der Waals surface area contributed by atoms with Crippen molar-refractivity contribution in [1.82, 2.24) is 0 Å². The topological polar surface area (TPSA) is 29.3 Å². The third-order valence-electron chi connectivity index (χ3n) is 3.75. The number of rotatable bonds is 7. The van der Waals surface area contributed by atoms with E-state index in [1.165, 1.54) is 17.7 Å². The summed E-state index contributed by atoms with van der Waals surface area (Å²) in [6, 6.07) is 6.35. The molecule has 0 radical (unpaired) electrons. The third kappa shape index (κ3) is 5.04. The van der Waals surface area contributed by atoms with E-state index in [-0.39, 0.29) is 6.04 Å². The summed E-state index contributed by atoms with van der Waals surface area (Å²) in [5.74, 6) is 0.677. The minimum atomic E-state index is 0.219. The van der Waals surface area contributed by atoms with Crippen molar-refractivity contribution in [3.8, 4) is 0 Å². The van der Waals surface area contributed by atoms with Gasteiger partial charge in [-0.3, -0.25) is 0 Å². The van der Waals surface area contributed by atoms with E-state index in [0.29, 0.717) is 5.92 Å². The summed E-state index contributed by atoms with van der Waals surface area (Å²) in [5, 5.41) is 0.792. The van der Waals surface area contributed by atoms with Gasteiger partial charge >= 0.3 is 0 Å². The zero-order valence-corrected chi connectivity index (χ0v) is 13.4. The van der Waals surface area contributed by atoms with Crippen molar-refractivity contribution in [2.24, 2.45) is 11.7 Å². The summed E-state index contributed by atoms with van der Waals surface area (Å²) in [4.78, 5) is 2.30. The molecule has 0 aliphatic carbocycles. The van der Waals surface area contributed by atoms with Crippen molar-refractivity contribution >= 4 is 17.3 Å². The lowest BCUT2D eigenvalue weighted by Crippen LogP contribution is -2.27. The van der Waals surface area contributed by atoms with Gasteiger partial charge in [-0.2, -0.15) is 0 Å². The average molecular weight is 283 g/mol. The Labute approximate surface area is 122 Å². The minimum Gasteiger partial charge on any atom is -0.374 e. The van der Waals surface area contributed by atoms with Gasteiger partial charge in [0, 0.05) is 30.3 Å². The van der Waals surface area contributed by atoms with Crippen LogP contribution in [-0.4, -0.2) is 19.6 Å². The molecule has 2 N–H and O–H groups in total. The molecule has 3 heteroatoms. The number of benzene rings is 1. The van der Waals surface area contributed by atoms with Crippen LogP contribution < -0.4 is 10.6 Å². The second kappa shape index (κ2) is 7.76. The molecule has 0 saturated heterocycles. The van der Waals surface area contributed by atoms with Crippen LogP contribution in [0, 0.1) is 5.92 Å². The van der Waals surface area contributed by atoms with Crippen molar-refractivity contribution in [2.45, 2.75) is 46.1 Å². The first-order valence-corrected chi connectivity index (χ1v) is 7.60. The van der Waals surface area contributed by atoms with E-state index < -0.39 is 0 Å². The second-order valence-corrected chi connectivity index (χ2v) is 5.98. The summed E-state index contributed by atoms with van der Waals surface area (Å²) in [5.41, 5.74) is 8.60. The highest BCUT2D eigenvalue weighted by Gasteiger charge is 2.12.